The Morgan fingerprint density at radius 3 is 2.52 bits per heavy atom. The molecule has 2 N–H and O–H groups in total. The van der Waals surface area contributed by atoms with Gasteiger partial charge in [0.2, 0.25) is 0 Å². The van der Waals surface area contributed by atoms with Crippen molar-refractivity contribution in [2.45, 2.75) is 31.2 Å². The minimum Gasteiger partial charge on any atom is -0.356 e. The molecule has 0 radical (unpaired) electrons. The van der Waals surface area contributed by atoms with Crippen molar-refractivity contribution >= 4 is 41.5 Å². The van der Waals surface area contributed by atoms with Crippen LogP contribution in [0.3, 0.4) is 0 Å². The molecule has 0 saturated heterocycles. The van der Waals surface area contributed by atoms with Gasteiger partial charge in [-0.3, -0.25) is 9.67 Å². The maximum atomic E-state index is 6.02. The Morgan fingerprint density at radius 2 is 2.00 bits per heavy atom. The minimum atomic E-state index is 0. The second-order valence-corrected chi connectivity index (χ2v) is 6.66. The molecule has 0 unspecified atom stereocenters. The Labute approximate surface area is 170 Å². The van der Waals surface area contributed by atoms with E-state index in [4.69, 9.17) is 11.6 Å². The lowest BCUT2D eigenvalue weighted by molar-refractivity contribution is 0.244. The second-order valence-electron chi connectivity index (χ2n) is 6.22. The number of benzene rings is 1. The third kappa shape index (κ3) is 4.63. The molecule has 6 nitrogen and oxygen atoms in total. The molecule has 136 valence electrons. The predicted molar refractivity (Wildman–Crippen MR) is 112 cm³/mol. The quantitative estimate of drug-likeness (QED) is 0.397. The predicted octanol–water partition coefficient (Wildman–Crippen LogP) is 2.87. The highest BCUT2D eigenvalue weighted by atomic mass is 127. The molecule has 1 aliphatic rings. The average molecular weight is 475 g/mol. The van der Waals surface area contributed by atoms with E-state index in [1.54, 1.807) is 18.1 Å². The monoisotopic (exact) mass is 474 g/mol. The SMILES string of the molecule is CN=C(NCc1ncnn1C)NCC1(c2ccc(Cl)cc2)CCC1.I. The Bertz CT molecular complexity index is 708. The normalized spacial score (nSPS) is 15.9. The fourth-order valence-electron chi connectivity index (χ4n) is 3.09. The summed E-state index contributed by atoms with van der Waals surface area (Å²) in [5, 5.41) is 11.6. The lowest BCUT2D eigenvalue weighted by Gasteiger charge is -2.43. The van der Waals surface area contributed by atoms with Crippen LogP contribution in [0.25, 0.3) is 0 Å². The number of aryl methyl sites for hydroxylation is 1. The molecule has 25 heavy (non-hydrogen) atoms. The highest BCUT2D eigenvalue weighted by Gasteiger charge is 2.38. The number of hydrogen-bond acceptors (Lipinski definition) is 3. The molecule has 1 aliphatic carbocycles. The summed E-state index contributed by atoms with van der Waals surface area (Å²) >= 11 is 6.02. The van der Waals surface area contributed by atoms with Crippen molar-refractivity contribution in [1.29, 1.82) is 0 Å². The van der Waals surface area contributed by atoms with E-state index in [0.29, 0.717) is 6.54 Å². The third-order valence-electron chi connectivity index (χ3n) is 4.80. The molecule has 1 fully saturated rings. The van der Waals surface area contributed by atoms with Gasteiger partial charge in [0.05, 0.1) is 6.54 Å². The fraction of sp³-hybridized carbons (Fsp3) is 0.471. The van der Waals surface area contributed by atoms with E-state index in [2.05, 4.69) is 37.8 Å². The first-order valence-electron chi connectivity index (χ1n) is 8.16. The summed E-state index contributed by atoms with van der Waals surface area (Å²) in [4.78, 5) is 8.51. The van der Waals surface area contributed by atoms with Gasteiger partial charge in [0.25, 0.3) is 0 Å². The number of halogens is 2. The summed E-state index contributed by atoms with van der Waals surface area (Å²) in [6, 6.07) is 8.22. The van der Waals surface area contributed by atoms with Gasteiger partial charge in [-0.1, -0.05) is 30.2 Å². The Morgan fingerprint density at radius 1 is 1.28 bits per heavy atom. The molecule has 1 aromatic carbocycles. The number of aliphatic imine (C=N–C) groups is 1. The van der Waals surface area contributed by atoms with Gasteiger partial charge in [-0.2, -0.15) is 5.10 Å². The van der Waals surface area contributed by atoms with Crippen molar-refractivity contribution in [2.75, 3.05) is 13.6 Å². The van der Waals surface area contributed by atoms with Crippen molar-refractivity contribution in [3.8, 4) is 0 Å². The van der Waals surface area contributed by atoms with Crippen LogP contribution in [0.2, 0.25) is 5.02 Å². The number of rotatable bonds is 5. The van der Waals surface area contributed by atoms with Gasteiger partial charge in [-0.25, -0.2) is 4.98 Å². The standard InChI is InChI=1S/C17H23ClN6.HI/c1-19-16(20-10-15-22-12-23-24(15)2)21-11-17(8-3-9-17)13-4-6-14(18)7-5-13;/h4-7,12H,3,8-11H2,1-2H3,(H2,19,20,21);1H. The van der Waals surface area contributed by atoms with Gasteiger partial charge in [0, 0.05) is 31.1 Å². The van der Waals surface area contributed by atoms with E-state index in [9.17, 15) is 0 Å². The topological polar surface area (TPSA) is 67.1 Å². The number of nitrogens with zero attached hydrogens (tertiary/aromatic N) is 4. The van der Waals surface area contributed by atoms with Gasteiger partial charge in [0.1, 0.15) is 12.2 Å². The fourth-order valence-corrected chi connectivity index (χ4v) is 3.22. The Balaban J connectivity index is 0.00000225. The van der Waals surface area contributed by atoms with Crippen LogP contribution in [0.4, 0.5) is 0 Å². The van der Waals surface area contributed by atoms with Crippen LogP contribution < -0.4 is 10.6 Å². The first kappa shape index (κ1) is 20.0. The van der Waals surface area contributed by atoms with Crippen molar-refractivity contribution < 1.29 is 0 Å². The lowest BCUT2D eigenvalue weighted by atomic mass is 9.64. The van der Waals surface area contributed by atoms with Crippen molar-refractivity contribution in [3.05, 3.63) is 47.0 Å². The third-order valence-corrected chi connectivity index (χ3v) is 5.06. The molecule has 0 spiro atoms. The highest BCUT2D eigenvalue weighted by molar-refractivity contribution is 14.0. The molecule has 0 bridgehead atoms. The van der Waals surface area contributed by atoms with Crippen LogP contribution in [-0.4, -0.2) is 34.3 Å². The largest absolute Gasteiger partial charge is 0.356 e. The van der Waals surface area contributed by atoms with Gasteiger partial charge in [0.15, 0.2) is 5.96 Å². The molecule has 2 aromatic rings. The van der Waals surface area contributed by atoms with Gasteiger partial charge in [-0.05, 0) is 30.5 Å². The van der Waals surface area contributed by atoms with E-state index in [1.807, 2.05) is 19.2 Å². The number of hydrogen-bond donors (Lipinski definition) is 2. The molecule has 0 aliphatic heterocycles. The molecular formula is C17H24ClIN6. The molecule has 0 atom stereocenters. The molecule has 1 saturated carbocycles. The van der Waals surface area contributed by atoms with Crippen LogP contribution >= 0.6 is 35.6 Å². The maximum Gasteiger partial charge on any atom is 0.191 e. The maximum absolute atomic E-state index is 6.02. The van der Waals surface area contributed by atoms with Crippen LogP contribution in [-0.2, 0) is 19.0 Å². The molecule has 8 heteroatoms. The smallest absolute Gasteiger partial charge is 0.191 e. The Kier molecular flexibility index (Phi) is 7.06. The molecule has 0 amide bonds. The van der Waals surface area contributed by atoms with E-state index in [1.165, 1.54) is 24.8 Å². The van der Waals surface area contributed by atoms with Crippen LogP contribution in [0.1, 0.15) is 30.7 Å². The molecular weight excluding hydrogens is 451 g/mol. The summed E-state index contributed by atoms with van der Waals surface area (Å²) in [5.74, 6) is 1.65. The molecule has 1 heterocycles. The first-order chi connectivity index (χ1) is 11.6. The summed E-state index contributed by atoms with van der Waals surface area (Å²) in [5.41, 5.74) is 1.52. The van der Waals surface area contributed by atoms with Crippen molar-refractivity contribution in [3.63, 3.8) is 0 Å². The van der Waals surface area contributed by atoms with Crippen molar-refractivity contribution in [1.82, 2.24) is 25.4 Å². The van der Waals surface area contributed by atoms with Crippen LogP contribution in [0, 0.1) is 0 Å². The zero-order valence-corrected chi connectivity index (χ0v) is 17.6. The zero-order valence-electron chi connectivity index (χ0n) is 14.5. The summed E-state index contributed by atoms with van der Waals surface area (Å²) < 4.78 is 1.75. The molecule has 3 rings (SSSR count). The van der Waals surface area contributed by atoms with E-state index >= 15 is 0 Å². The van der Waals surface area contributed by atoms with Crippen molar-refractivity contribution in [2.24, 2.45) is 12.0 Å². The second kappa shape index (κ2) is 8.84. The number of aromatic nitrogens is 3. The summed E-state index contributed by atoms with van der Waals surface area (Å²) in [6.45, 7) is 1.44. The van der Waals surface area contributed by atoms with Crippen LogP contribution in [0.5, 0.6) is 0 Å². The number of nitrogens with one attached hydrogen (secondary N) is 2. The first-order valence-corrected chi connectivity index (χ1v) is 8.54. The zero-order chi connectivity index (χ0) is 17.0. The van der Waals surface area contributed by atoms with E-state index < -0.39 is 0 Å². The number of guanidine groups is 1. The molecule has 1 aromatic heterocycles. The van der Waals surface area contributed by atoms with E-state index in [-0.39, 0.29) is 29.4 Å². The summed E-state index contributed by atoms with van der Waals surface area (Å²) in [6.07, 6.45) is 5.18. The highest BCUT2D eigenvalue weighted by Crippen LogP contribution is 2.43. The van der Waals surface area contributed by atoms with Gasteiger partial charge >= 0.3 is 0 Å². The van der Waals surface area contributed by atoms with Gasteiger partial charge < -0.3 is 10.6 Å². The lowest BCUT2D eigenvalue weighted by Crippen LogP contribution is -2.48. The summed E-state index contributed by atoms with van der Waals surface area (Å²) in [7, 11) is 3.66. The minimum absolute atomic E-state index is 0. The van der Waals surface area contributed by atoms with E-state index in [0.717, 1.165) is 23.4 Å². The Hall–Kier alpha value is -1.35. The average Bonchev–Trinajstić information content (AvgIpc) is 2.96. The van der Waals surface area contributed by atoms with Gasteiger partial charge in [-0.15, -0.1) is 24.0 Å². The van der Waals surface area contributed by atoms with Crippen LogP contribution in [0.15, 0.2) is 35.6 Å².